The number of amides is 2. The Bertz CT molecular complexity index is 434. The number of rotatable bonds is 7. The van der Waals surface area contributed by atoms with Gasteiger partial charge in [-0.25, -0.2) is 0 Å². The molecule has 0 aromatic rings. The van der Waals surface area contributed by atoms with Crippen LogP contribution in [0.3, 0.4) is 0 Å². The average molecular weight is 321 g/mol. The van der Waals surface area contributed by atoms with E-state index < -0.39 is 5.92 Å². The van der Waals surface area contributed by atoms with Gasteiger partial charge in [-0.05, 0) is 40.0 Å². The van der Waals surface area contributed by atoms with Crippen molar-refractivity contribution in [3.63, 3.8) is 0 Å². The Kier molecular flexibility index (Phi) is 8.08. The van der Waals surface area contributed by atoms with Crippen molar-refractivity contribution < 1.29 is 9.59 Å². The van der Waals surface area contributed by atoms with Gasteiger partial charge in [0.05, 0.1) is 6.07 Å². The summed E-state index contributed by atoms with van der Waals surface area (Å²) in [6.07, 6.45) is 6.41. The van der Waals surface area contributed by atoms with Crippen molar-refractivity contribution in [2.75, 3.05) is 6.54 Å². The highest BCUT2D eigenvalue weighted by atomic mass is 16.2. The lowest BCUT2D eigenvalue weighted by molar-refractivity contribution is -0.144. The van der Waals surface area contributed by atoms with E-state index in [1.165, 1.54) is 24.2 Å². The lowest BCUT2D eigenvalue weighted by Gasteiger charge is -2.31. The zero-order valence-electron chi connectivity index (χ0n) is 15.0. The summed E-state index contributed by atoms with van der Waals surface area (Å²) < 4.78 is 0. The minimum atomic E-state index is -0.670. The van der Waals surface area contributed by atoms with Gasteiger partial charge in [-0.3, -0.25) is 9.59 Å². The fourth-order valence-electron chi connectivity index (χ4n) is 3.25. The molecule has 130 valence electrons. The molecule has 1 saturated carbocycles. The smallest absolute Gasteiger partial charge is 0.236 e. The zero-order chi connectivity index (χ0) is 17.4. The molecule has 0 spiro atoms. The summed E-state index contributed by atoms with van der Waals surface area (Å²) in [6, 6.07) is 1.97. The van der Waals surface area contributed by atoms with Crippen molar-refractivity contribution in [2.45, 2.75) is 78.3 Å². The van der Waals surface area contributed by atoms with Gasteiger partial charge < -0.3 is 10.2 Å². The number of hydrogen-bond acceptors (Lipinski definition) is 3. The number of nitrogens with zero attached hydrogens (tertiary/aromatic N) is 2. The highest BCUT2D eigenvalue weighted by molar-refractivity contribution is 6.00. The lowest BCUT2D eigenvalue weighted by atomic mass is 9.82. The molecule has 5 heteroatoms. The van der Waals surface area contributed by atoms with Crippen LogP contribution in [0.2, 0.25) is 0 Å². The largest absolute Gasteiger partial charge is 0.353 e. The van der Waals surface area contributed by atoms with Crippen LogP contribution in [0.15, 0.2) is 0 Å². The Morgan fingerprint density at radius 2 is 1.78 bits per heavy atom. The second kappa shape index (κ2) is 9.54. The third kappa shape index (κ3) is 6.21. The number of carbonyl (C=O) groups is 2. The molecular weight excluding hydrogens is 290 g/mol. The second-order valence-corrected chi connectivity index (χ2v) is 7.17. The fraction of sp³-hybridized carbons (Fsp3) is 0.833. The molecule has 1 aliphatic rings. The standard InChI is InChI=1S/C18H31N3O2/c1-13(2)20-17(22)16(12-15-8-6-5-7-9-15)18(23)21(11-10-19)14(3)4/h13-16H,5-9,11-12H2,1-4H3,(H,20,22). The van der Waals surface area contributed by atoms with E-state index in [1.807, 2.05) is 33.8 Å². The molecule has 0 aromatic carbocycles. The number of nitrogens with one attached hydrogen (secondary N) is 1. The van der Waals surface area contributed by atoms with Crippen LogP contribution in [0.25, 0.3) is 0 Å². The lowest BCUT2D eigenvalue weighted by Crippen LogP contribution is -2.48. The first-order chi connectivity index (χ1) is 10.9. The maximum atomic E-state index is 12.9. The van der Waals surface area contributed by atoms with Gasteiger partial charge in [0, 0.05) is 12.1 Å². The van der Waals surface area contributed by atoms with Crippen molar-refractivity contribution >= 4 is 11.8 Å². The van der Waals surface area contributed by atoms with Crippen molar-refractivity contribution in [1.29, 1.82) is 5.26 Å². The van der Waals surface area contributed by atoms with Gasteiger partial charge in [0.15, 0.2) is 0 Å². The summed E-state index contributed by atoms with van der Waals surface area (Å²) in [4.78, 5) is 27.0. The summed E-state index contributed by atoms with van der Waals surface area (Å²) >= 11 is 0. The summed E-state index contributed by atoms with van der Waals surface area (Å²) in [7, 11) is 0. The minimum Gasteiger partial charge on any atom is -0.353 e. The third-order valence-corrected chi connectivity index (χ3v) is 4.49. The van der Waals surface area contributed by atoms with Crippen molar-refractivity contribution in [1.82, 2.24) is 10.2 Å². The third-order valence-electron chi connectivity index (χ3n) is 4.49. The van der Waals surface area contributed by atoms with E-state index in [-0.39, 0.29) is 30.4 Å². The van der Waals surface area contributed by atoms with Crippen LogP contribution < -0.4 is 5.32 Å². The highest BCUT2D eigenvalue weighted by Gasteiger charge is 2.34. The molecule has 0 saturated heterocycles. The molecular formula is C18H31N3O2. The van der Waals surface area contributed by atoms with Gasteiger partial charge in [0.25, 0.3) is 0 Å². The number of carbonyl (C=O) groups excluding carboxylic acids is 2. The topological polar surface area (TPSA) is 73.2 Å². The summed E-state index contributed by atoms with van der Waals surface area (Å²) in [5.41, 5.74) is 0. The molecule has 1 unspecified atom stereocenters. The van der Waals surface area contributed by atoms with Crippen LogP contribution in [-0.4, -0.2) is 35.3 Å². The monoisotopic (exact) mass is 321 g/mol. The molecule has 0 bridgehead atoms. The molecule has 23 heavy (non-hydrogen) atoms. The van der Waals surface area contributed by atoms with E-state index in [9.17, 15) is 9.59 Å². The molecule has 1 aliphatic carbocycles. The molecule has 0 radical (unpaired) electrons. The van der Waals surface area contributed by atoms with Gasteiger partial charge in [0.1, 0.15) is 12.5 Å². The maximum Gasteiger partial charge on any atom is 0.236 e. The van der Waals surface area contributed by atoms with Gasteiger partial charge in [-0.1, -0.05) is 32.1 Å². The van der Waals surface area contributed by atoms with Crippen LogP contribution in [0, 0.1) is 23.2 Å². The van der Waals surface area contributed by atoms with E-state index >= 15 is 0 Å². The molecule has 5 nitrogen and oxygen atoms in total. The van der Waals surface area contributed by atoms with Crippen LogP contribution in [-0.2, 0) is 9.59 Å². The Labute approximate surface area is 140 Å². The molecule has 0 aliphatic heterocycles. The molecule has 1 atom stereocenters. The van der Waals surface area contributed by atoms with E-state index in [0.29, 0.717) is 12.3 Å². The first kappa shape index (κ1) is 19.5. The van der Waals surface area contributed by atoms with E-state index in [1.54, 1.807) is 0 Å². The quantitative estimate of drug-likeness (QED) is 0.579. The van der Waals surface area contributed by atoms with Crippen molar-refractivity contribution in [2.24, 2.45) is 11.8 Å². The Hall–Kier alpha value is -1.57. The highest BCUT2D eigenvalue weighted by Crippen LogP contribution is 2.30. The van der Waals surface area contributed by atoms with Crippen LogP contribution in [0.4, 0.5) is 0 Å². The first-order valence-electron chi connectivity index (χ1n) is 8.84. The summed E-state index contributed by atoms with van der Waals surface area (Å²) in [5.74, 6) is -0.632. The van der Waals surface area contributed by atoms with Gasteiger partial charge in [0.2, 0.25) is 11.8 Å². The van der Waals surface area contributed by atoms with E-state index in [0.717, 1.165) is 12.8 Å². The number of hydrogen-bond donors (Lipinski definition) is 1. The molecule has 2 amide bonds. The molecule has 1 fully saturated rings. The zero-order valence-corrected chi connectivity index (χ0v) is 15.0. The van der Waals surface area contributed by atoms with Crippen molar-refractivity contribution in [3.8, 4) is 6.07 Å². The SMILES string of the molecule is CC(C)NC(=O)C(CC1CCCCC1)C(=O)N(CC#N)C(C)C. The minimum absolute atomic E-state index is 0.00706. The van der Waals surface area contributed by atoms with Crippen LogP contribution in [0.1, 0.15) is 66.2 Å². The predicted molar refractivity (Wildman–Crippen MR) is 90.4 cm³/mol. The van der Waals surface area contributed by atoms with Crippen LogP contribution in [0.5, 0.6) is 0 Å². The van der Waals surface area contributed by atoms with Crippen LogP contribution >= 0.6 is 0 Å². The van der Waals surface area contributed by atoms with Gasteiger partial charge in [-0.15, -0.1) is 0 Å². The summed E-state index contributed by atoms with van der Waals surface area (Å²) in [6.45, 7) is 7.60. The summed E-state index contributed by atoms with van der Waals surface area (Å²) in [5, 5.41) is 11.9. The Morgan fingerprint density at radius 1 is 1.17 bits per heavy atom. The van der Waals surface area contributed by atoms with E-state index in [2.05, 4.69) is 5.32 Å². The van der Waals surface area contributed by atoms with Crippen molar-refractivity contribution in [3.05, 3.63) is 0 Å². The van der Waals surface area contributed by atoms with Gasteiger partial charge in [-0.2, -0.15) is 5.26 Å². The van der Waals surface area contributed by atoms with E-state index in [4.69, 9.17) is 5.26 Å². The normalized spacial score (nSPS) is 16.9. The first-order valence-corrected chi connectivity index (χ1v) is 8.84. The predicted octanol–water partition coefficient (Wildman–Crippen LogP) is 2.86. The molecule has 1 N–H and O–H groups in total. The Morgan fingerprint density at radius 3 is 2.26 bits per heavy atom. The second-order valence-electron chi connectivity index (χ2n) is 7.17. The molecule has 0 heterocycles. The fourth-order valence-corrected chi connectivity index (χ4v) is 3.25. The average Bonchev–Trinajstić information content (AvgIpc) is 2.49. The van der Waals surface area contributed by atoms with Gasteiger partial charge >= 0.3 is 0 Å². The molecule has 1 rings (SSSR count). The molecule has 0 aromatic heterocycles. The Balaban J connectivity index is 2.89. The maximum absolute atomic E-state index is 12.9. The number of nitriles is 1.